The van der Waals surface area contributed by atoms with E-state index in [4.69, 9.17) is 9.90 Å². The van der Waals surface area contributed by atoms with Gasteiger partial charge < -0.3 is 10.0 Å². The van der Waals surface area contributed by atoms with Gasteiger partial charge >= 0.3 is 12.1 Å². The van der Waals surface area contributed by atoms with Gasteiger partial charge in [-0.15, -0.1) is 5.10 Å². The lowest BCUT2D eigenvalue weighted by molar-refractivity contribution is -0.192. The van der Waals surface area contributed by atoms with Gasteiger partial charge in [0, 0.05) is 37.6 Å². The van der Waals surface area contributed by atoms with E-state index in [1.165, 1.54) is 0 Å². The van der Waals surface area contributed by atoms with E-state index < -0.39 is 12.1 Å². The third-order valence-electron chi connectivity index (χ3n) is 4.67. The summed E-state index contributed by atoms with van der Waals surface area (Å²) in [5.41, 5.74) is 4.00. The van der Waals surface area contributed by atoms with Crippen molar-refractivity contribution >= 4 is 17.4 Å². The number of alkyl halides is 3. The minimum atomic E-state index is -5.08. The fourth-order valence-corrected chi connectivity index (χ4v) is 3.29. The Morgan fingerprint density at radius 3 is 2.40 bits per heavy atom. The number of likely N-dealkylation sites (tertiary alicyclic amines) is 1. The average Bonchev–Trinajstić information content (AvgIpc) is 3.34. The number of hydrogen-bond donors (Lipinski definition) is 1. The van der Waals surface area contributed by atoms with Crippen molar-refractivity contribution in [3.63, 3.8) is 0 Å². The molecule has 4 rings (SSSR count). The van der Waals surface area contributed by atoms with Gasteiger partial charge in [-0.25, -0.2) is 9.31 Å². The fourth-order valence-electron chi connectivity index (χ4n) is 3.29. The number of carbonyl (C=O) groups excluding carboxylic acids is 1. The lowest BCUT2D eigenvalue weighted by Crippen LogP contribution is -2.28. The molecule has 1 aliphatic rings. The summed E-state index contributed by atoms with van der Waals surface area (Å²) >= 11 is 0. The number of carboxylic acids is 1. The van der Waals surface area contributed by atoms with E-state index in [0.29, 0.717) is 0 Å². The molecule has 3 aromatic heterocycles. The molecule has 30 heavy (non-hydrogen) atoms. The molecule has 4 heterocycles. The zero-order valence-corrected chi connectivity index (χ0v) is 15.9. The SMILES string of the molecule is CC(=O)N1CCCC1c1nnn2cc(-c3ccncc3)ccc12.O=C(O)C(F)(F)F. The van der Waals surface area contributed by atoms with Gasteiger partial charge in [-0.05, 0) is 36.6 Å². The van der Waals surface area contributed by atoms with Crippen molar-refractivity contribution in [2.45, 2.75) is 32.0 Å². The van der Waals surface area contributed by atoms with Gasteiger partial charge in [0.1, 0.15) is 5.69 Å². The van der Waals surface area contributed by atoms with Crippen molar-refractivity contribution in [1.82, 2.24) is 24.7 Å². The number of pyridine rings is 2. The topological polar surface area (TPSA) is 101 Å². The molecule has 158 valence electrons. The fraction of sp³-hybridized carbons (Fsp3) is 0.316. The summed E-state index contributed by atoms with van der Waals surface area (Å²) in [5, 5.41) is 15.7. The van der Waals surface area contributed by atoms with Crippen molar-refractivity contribution in [1.29, 1.82) is 0 Å². The molecule has 11 heteroatoms. The molecule has 0 saturated carbocycles. The standard InChI is InChI=1S/C17H17N5O.C2HF3O2/c1-12(23)21-10-2-3-15(21)17-16-5-4-14(11-22(16)20-19-17)13-6-8-18-9-7-13;3-2(4,5)1(6)7/h4-9,11,15H,2-3,10H2,1H3;(H,6,7). The molecule has 1 amide bonds. The van der Waals surface area contributed by atoms with Crippen LogP contribution in [-0.4, -0.2) is 54.4 Å². The quantitative estimate of drug-likeness (QED) is 0.683. The molecule has 1 saturated heterocycles. The molecule has 0 spiro atoms. The van der Waals surface area contributed by atoms with Gasteiger partial charge in [0.05, 0.1) is 11.6 Å². The molecule has 3 aromatic rings. The lowest BCUT2D eigenvalue weighted by atomic mass is 10.1. The molecule has 8 nitrogen and oxygen atoms in total. The maximum absolute atomic E-state index is 11.8. The summed E-state index contributed by atoms with van der Waals surface area (Å²) in [7, 11) is 0. The highest BCUT2D eigenvalue weighted by atomic mass is 19.4. The Morgan fingerprint density at radius 2 is 1.80 bits per heavy atom. The molecule has 0 bridgehead atoms. The highest BCUT2D eigenvalue weighted by Gasteiger charge is 2.38. The Bertz CT molecular complexity index is 1050. The van der Waals surface area contributed by atoms with Crippen LogP contribution < -0.4 is 0 Å². The smallest absolute Gasteiger partial charge is 0.475 e. The number of halogens is 3. The van der Waals surface area contributed by atoms with Crippen LogP contribution in [-0.2, 0) is 9.59 Å². The number of aromatic nitrogens is 4. The molecule has 1 aliphatic heterocycles. The Hall–Kier alpha value is -3.50. The third-order valence-corrected chi connectivity index (χ3v) is 4.67. The number of nitrogens with zero attached hydrogens (tertiary/aromatic N) is 5. The van der Waals surface area contributed by atoms with Gasteiger partial charge in [-0.1, -0.05) is 11.3 Å². The monoisotopic (exact) mass is 421 g/mol. The zero-order chi connectivity index (χ0) is 21.9. The van der Waals surface area contributed by atoms with Gasteiger partial charge in [0.25, 0.3) is 0 Å². The third kappa shape index (κ3) is 4.56. The Labute approximate surface area is 168 Å². The molecule has 0 aromatic carbocycles. The van der Waals surface area contributed by atoms with Gasteiger partial charge in [-0.3, -0.25) is 9.78 Å². The number of carboxylic acid groups (broad SMARTS) is 1. The summed E-state index contributed by atoms with van der Waals surface area (Å²) in [5.74, 6) is -2.66. The number of amides is 1. The van der Waals surface area contributed by atoms with Gasteiger partial charge in [0.15, 0.2) is 0 Å². The molecule has 0 radical (unpaired) electrons. The van der Waals surface area contributed by atoms with Crippen LogP contribution in [0.5, 0.6) is 0 Å². The number of carbonyl (C=O) groups is 2. The Kier molecular flexibility index (Phi) is 5.99. The van der Waals surface area contributed by atoms with Crippen LogP contribution >= 0.6 is 0 Å². The molecule has 1 unspecified atom stereocenters. The van der Waals surface area contributed by atoms with E-state index in [1.807, 2.05) is 29.3 Å². The highest BCUT2D eigenvalue weighted by molar-refractivity contribution is 5.75. The van der Waals surface area contributed by atoms with Gasteiger partial charge in [-0.2, -0.15) is 13.2 Å². The average molecular weight is 421 g/mol. The van der Waals surface area contributed by atoms with E-state index in [9.17, 15) is 18.0 Å². The van der Waals surface area contributed by atoms with Crippen molar-refractivity contribution in [3.05, 3.63) is 48.5 Å². The molecular weight excluding hydrogens is 403 g/mol. The second-order valence-corrected chi connectivity index (χ2v) is 6.63. The van der Waals surface area contributed by atoms with E-state index in [2.05, 4.69) is 21.4 Å². The van der Waals surface area contributed by atoms with Crippen LogP contribution in [0.3, 0.4) is 0 Å². The number of fused-ring (bicyclic) bond motifs is 1. The first-order valence-electron chi connectivity index (χ1n) is 9.01. The predicted octanol–water partition coefficient (Wildman–Crippen LogP) is 3.11. The van der Waals surface area contributed by atoms with E-state index in [1.54, 1.807) is 23.8 Å². The maximum Gasteiger partial charge on any atom is 0.490 e. The largest absolute Gasteiger partial charge is 0.490 e. The minimum Gasteiger partial charge on any atom is -0.475 e. The highest BCUT2D eigenvalue weighted by Crippen LogP contribution is 2.33. The van der Waals surface area contributed by atoms with Crippen LogP contribution in [0.1, 0.15) is 31.5 Å². The van der Waals surface area contributed by atoms with Crippen LogP contribution in [0.4, 0.5) is 13.2 Å². The normalized spacial score (nSPS) is 16.3. The second kappa shape index (κ2) is 8.47. The van der Waals surface area contributed by atoms with Crippen molar-refractivity contribution in [3.8, 4) is 11.1 Å². The zero-order valence-electron chi connectivity index (χ0n) is 15.9. The number of aliphatic carboxylic acids is 1. The molecule has 1 N–H and O–H groups in total. The van der Waals surface area contributed by atoms with E-state index in [0.717, 1.165) is 41.7 Å². The first kappa shape index (κ1) is 21.2. The summed E-state index contributed by atoms with van der Waals surface area (Å²) < 4.78 is 33.5. The lowest BCUT2D eigenvalue weighted by Gasteiger charge is -2.21. The van der Waals surface area contributed by atoms with E-state index in [-0.39, 0.29) is 11.9 Å². The Balaban J connectivity index is 0.000000318. The first-order valence-corrected chi connectivity index (χ1v) is 9.01. The molecule has 1 atom stereocenters. The molecular formula is C19H18F3N5O3. The summed E-state index contributed by atoms with van der Waals surface area (Å²) in [6.45, 7) is 2.42. The van der Waals surface area contributed by atoms with Gasteiger partial charge in [0.2, 0.25) is 5.91 Å². The second-order valence-electron chi connectivity index (χ2n) is 6.63. The van der Waals surface area contributed by atoms with Crippen LogP contribution in [0, 0.1) is 0 Å². The maximum atomic E-state index is 11.8. The van der Waals surface area contributed by atoms with Crippen molar-refractivity contribution in [2.24, 2.45) is 0 Å². The summed E-state index contributed by atoms with van der Waals surface area (Å²) in [6, 6.07) is 8.06. The molecule has 1 fully saturated rings. The predicted molar refractivity (Wildman–Crippen MR) is 99.3 cm³/mol. The Morgan fingerprint density at radius 1 is 1.13 bits per heavy atom. The van der Waals surface area contributed by atoms with E-state index >= 15 is 0 Å². The number of hydrogen-bond acceptors (Lipinski definition) is 5. The summed E-state index contributed by atoms with van der Waals surface area (Å²) in [4.78, 5) is 26.6. The van der Waals surface area contributed by atoms with Crippen molar-refractivity contribution < 1.29 is 27.9 Å². The molecule has 0 aliphatic carbocycles. The van der Waals surface area contributed by atoms with Crippen LogP contribution in [0.15, 0.2) is 42.9 Å². The minimum absolute atomic E-state index is 0.0387. The van der Waals surface area contributed by atoms with Crippen LogP contribution in [0.25, 0.3) is 16.6 Å². The first-order chi connectivity index (χ1) is 14.2. The van der Waals surface area contributed by atoms with Crippen LogP contribution in [0.2, 0.25) is 0 Å². The summed E-state index contributed by atoms with van der Waals surface area (Å²) in [6.07, 6.45) is 2.39. The number of rotatable bonds is 2. The van der Waals surface area contributed by atoms with Crippen molar-refractivity contribution in [2.75, 3.05) is 6.54 Å².